The summed E-state index contributed by atoms with van der Waals surface area (Å²) >= 11 is 0. The Morgan fingerprint density at radius 3 is 2.14 bits per heavy atom. The van der Waals surface area contributed by atoms with E-state index in [2.05, 4.69) is 9.72 Å². The van der Waals surface area contributed by atoms with E-state index in [9.17, 15) is 23.2 Å². The first kappa shape index (κ1) is 24.4. The largest absolute Gasteiger partial charge is 0.434 e. The van der Waals surface area contributed by atoms with E-state index in [1.54, 1.807) is 54.6 Å². The van der Waals surface area contributed by atoms with Gasteiger partial charge in [0, 0.05) is 0 Å². The molecule has 1 amide bonds. The average Bonchev–Trinajstić information content (AvgIpc) is 2.87. The number of nitrogen functional groups attached to an aromatic ring is 1. The number of halogens is 2. The van der Waals surface area contributed by atoms with Crippen LogP contribution in [-0.2, 0) is 13.1 Å². The van der Waals surface area contributed by atoms with E-state index in [4.69, 9.17) is 5.73 Å². The van der Waals surface area contributed by atoms with E-state index >= 15 is 0 Å². The maximum absolute atomic E-state index is 13.7. The fourth-order valence-corrected chi connectivity index (χ4v) is 3.77. The summed E-state index contributed by atoms with van der Waals surface area (Å²) in [5, 5.41) is 0. The molecule has 0 saturated carbocycles. The minimum absolute atomic E-state index is 0.0355. The second kappa shape index (κ2) is 10.7. The Kier molecular flexibility index (Phi) is 7.24. The number of nitrogens with zero attached hydrogens (tertiary/aromatic N) is 2. The van der Waals surface area contributed by atoms with Crippen molar-refractivity contribution in [1.29, 1.82) is 0 Å². The summed E-state index contributed by atoms with van der Waals surface area (Å²) in [5.74, 6) is -1.41. The number of hydrogen-bond donors (Lipinski definition) is 2. The smallest absolute Gasteiger partial charge is 0.387 e. The number of hydrogen-bond acceptors (Lipinski definition) is 5. The summed E-state index contributed by atoms with van der Waals surface area (Å²) in [5.41, 5.74) is 5.57. The normalized spacial score (nSPS) is 10.9. The lowest BCUT2D eigenvalue weighted by Crippen LogP contribution is -2.41. The molecule has 0 spiro atoms. The van der Waals surface area contributed by atoms with Gasteiger partial charge in [-0.1, -0.05) is 72.8 Å². The average molecular weight is 492 g/mol. The molecule has 3 aromatic carbocycles. The van der Waals surface area contributed by atoms with Crippen molar-refractivity contribution >= 4 is 17.4 Å². The Morgan fingerprint density at radius 1 is 0.917 bits per heavy atom. The highest BCUT2D eigenvalue weighted by molar-refractivity contribution is 6.08. The highest BCUT2D eigenvalue weighted by atomic mass is 19.3. The van der Waals surface area contributed by atoms with Crippen molar-refractivity contribution < 1.29 is 18.3 Å². The molecule has 0 unspecified atom stereocenters. The van der Waals surface area contributed by atoms with Gasteiger partial charge in [0.1, 0.15) is 11.6 Å². The zero-order valence-electron chi connectivity index (χ0n) is 18.9. The number of H-pyrrole nitrogens is 1. The van der Waals surface area contributed by atoms with Gasteiger partial charge in [-0.2, -0.15) is 8.78 Å². The lowest BCUT2D eigenvalue weighted by molar-refractivity contribution is -0.0501. The van der Waals surface area contributed by atoms with Crippen LogP contribution in [0.3, 0.4) is 0 Å². The summed E-state index contributed by atoms with van der Waals surface area (Å²) in [6.45, 7) is -3.25. The number of alkyl halides is 2. The number of carbonyl (C=O) groups is 1. The number of nitrogens with one attached hydrogen (secondary N) is 1. The lowest BCUT2D eigenvalue weighted by Gasteiger charge is -2.25. The third-order valence-electron chi connectivity index (χ3n) is 5.43. The number of carbonyl (C=O) groups excluding carboxylic acids is 1. The molecule has 0 aliphatic carbocycles. The molecule has 0 radical (unpaired) electrons. The lowest BCUT2D eigenvalue weighted by atomic mass is 10.1. The first-order valence-corrected chi connectivity index (χ1v) is 10.9. The number of anilines is 2. The second-order valence-corrected chi connectivity index (χ2v) is 7.82. The van der Waals surface area contributed by atoms with E-state index in [0.717, 1.165) is 15.0 Å². The highest BCUT2D eigenvalue weighted by Gasteiger charge is 2.28. The summed E-state index contributed by atoms with van der Waals surface area (Å²) in [4.78, 5) is 42.6. The molecule has 3 N–H and O–H groups in total. The summed E-state index contributed by atoms with van der Waals surface area (Å²) in [6.07, 6.45) is 0. The molecule has 0 bridgehead atoms. The third-order valence-corrected chi connectivity index (χ3v) is 5.43. The van der Waals surface area contributed by atoms with Crippen molar-refractivity contribution in [3.05, 3.63) is 122 Å². The Balaban J connectivity index is 1.86. The molecule has 0 fully saturated rings. The number of para-hydroxylation sites is 1. The number of benzene rings is 3. The third kappa shape index (κ3) is 5.33. The topological polar surface area (TPSA) is 110 Å². The van der Waals surface area contributed by atoms with Gasteiger partial charge in [-0.3, -0.25) is 24.0 Å². The van der Waals surface area contributed by atoms with Gasteiger partial charge < -0.3 is 10.5 Å². The number of rotatable bonds is 8. The molecule has 0 atom stereocenters. The molecule has 4 rings (SSSR count). The van der Waals surface area contributed by atoms with Crippen LogP contribution in [0.5, 0.6) is 5.75 Å². The van der Waals surface area contributed by atoms with Crippen LogP contribution in [-0.4, -0.2) is 22.1 Å². The van der Waals surface area contributed by atoms with Crippen LogP contribution in [0, 0.1) is 0 Å². The molecular formula is C26H22F2N4O4. The zero-order chi connectivity index (χ0) is 25.7. The molecule has 4 aromatic rings. The van der Waals surface area contributed by atoms with Crippen molar-refractivity contribution in [2.75, 3.05) is 10.6 Å². The highest BCUT2D eigenvalue weighted by Crippen LogP contribution is 2.27. The van der Waals surface area contributed by atoms with Gasteiger partial charge in [-0.15, -0.1) is 0 Å². The predicted octanol–water partition coefficient (Wildman–Crippen LogP) is 3.62. The van der Waals surface area contributed by atoms with Gasteiger partial charge in [0.2, 0.25) is 0 Å². The van der Waals surface area contributed by atoms with Crippen molar-refractivity contribution in [2.45, 2.75) is 19.7 Å². The van der Waals surface area contributed by atoms with Gasteiger partial charge in [-0.25, -0.2) is 4.79 Å². The SMILES string of the molecule is Nc1c(N(Cc2ccccc2)C(=O)c2ccccc2OC(F)F)c(=O)[nH]c(=O)n1Cc1ccccc1. The first-order valence-electron chi connectivity index (χ1n) is 10.9. The Labute approximate surface area is 204 Å². The number of aromatic nitrogens is 2. The molecule has 36 heavy (non-hydrogen) atoms. The molecule has 0 saturated heterocycles. The van der Waals surface area contributed by atoms with Gasteiger partial charge in [0.25, 0.3) is 11.5 Å². The van der Waals surface area contributed by atoms with Gasteiger partial charge in [0.15, 0.2) is 5.69 Å². The Bertz CT molecular complexity index is 1470. The minimum Gasteiger partial charge on any atom is -0.434 e. The predicted molar refractivity (Wildman–Crippen MR) is 131 cm³/mol. The van der Waals surface area contributed by atoms with E-state index < -0.39 is 23.8 Å². The second-order valence-electron chi connectivity index (χ2n) is 7.82. The molecule has 8 nitrogen and oxygen atoms in total. The minimum atomic E-state index is -3.16. The molecule has 0 aliphatic rings. The maximum Gasteiger partial charge on any atom is 0.387 e. The van der Waals surface area contributed by atoms with Crippen molar-refractivity contribution in [3.63, 3.8) is 0 Å². The summed E-state index contributed by atoms with van der Waals surface area (Å²) in [6, 6.07) is 23.1. The van der Waals surface area contributed by atoms with Crippen molar-refractivity contribution in [1.82, 2.24) is 9.55 Å². The van der Waals surface area contributed by atoms with Crippen LogP contribution in [0.25, 0.3) is 0 Å². The van der Waals surface area contributed by atoms with Crippen LogP contribution in [0.15, 0.2) is 94.5 Å². The number of amides is 1. The Morgan fingerprint density at radius 2 is 1.50 bits per heavy atom. The van der Waals surface area contributed by atoms with Crippen LogP contribution in [0.1, 0.15) is 21.5 Å². The van der Waals surface area contributed by atoms with Crippen LogP contribution in [0.2, 0.25) is 0 Å². The summed E-state index contributed by atoms with van der Waals surface area (Å²) < 4.78 is 31.7. The van der Waals surface area contributed by atoms with Crippen LogP contribution < -0.4 is 26.6 Å². The van der Waals surface area contributed by atoms with Gasteiger partial charge >= 0.3 is 12.3 Å². The molecule has 10 heteroatoms. The van der Waals surface area contributed by atoms with E-state index in [-0.39, 0.29) is 35.9 Å². The number of aromatic amines is 1. The van der Waals surface area contributed by atoms with E-state index in [1.807, 2.05) is 6.07 Å². The molecular weight excluding hydrogens is 470 g/mol. The fourth-order valence-electron chi connectivity index (χ4n) is 3.77. The standard InChI is InChI=1S/C26H22F2N4O4/c27-25(28)36-20-14-8-7-13-19(20)24(34)31(15-17-9-3-1-4-10-17)21-22(29)32(26(35)30-23(21)33)16-18-11-5-2-6-12-18/h1-14,25H,15-16,29H2,(H,30,33,35). The van der Waals surface area contributed by atoms with Gasteiger partial charge in [-0.05, 0) is 23.3 Å². The zero-order valence-corrected chi connectivity index (χ0v) is 18.9. The van der Waals surface area contributed by atoms with Crippen LogP contribution in [0.4, 0.5) is 20.3 Å². The number of nitrogens with two attached hydrogens (primary N) is 1. The number of ether oxygens (including phenoxy) is 1. The monoisotopic (exact) mass is 492 g/mol. The van der Waals surface area contributed by atoms with E-state index in [1.165, 1.54) is 24.3 Å². The molecule has 1 heterocycles. The molecule has 0 aliphatic heterocycles. The molecule has 1 aromatic heterocycles. The molecule has 184 valence electrons. The van der Waals surface area contributed by atoms with Crippen LogP contribution >= 0.6 is 0 Å². The fraction of sp³-hybridized carbons (Fsp3) is 0.115. The van der Waals surface area contributed by atoms with Crippen molar-refractivity contribution in [3.8, 4) is 5.75 Å². The maximum atomic E-state index is 13.7. The quantitative estimate of drug-likeness (QED) is 0.390. The van der Waals surface area contributed by atoms with Gasteiger partial charge in [0.05, 0.1) is 18.7 Å². The van der Waals surface area contributed by atoms with Crippen molar-refractivity contribution in [2.24, 2.45) is 0 Å². The Hall–Kier alpha value is -4.73. The first-order chi connectivity index (χ1) is 17.3. The van der Waals surface area contributed by atoms with E-state index in [0.29, 0.717) is 5.56 Å². The summed E-state index contributed by atoms with van der Waals surface area (Å²) in [7, 11) is 0.